The van der Waals surface area contributed by atoms with Crippen LogP contribution in [0.15, 0.2) is 27.6 Å². The number of halogens is 1. The molecule has 0 aromatic heterocycles. The Morgan fingerprint density at radius 1 is 1.37 bits per heavy atom. The highest BCUT2D eigenvalue weighted by Gasteiger charge is 2.18. The molecule has 0 saturated carbocycles. The first kappa shape index (κ1) is 15.0. The number of hydrogen-bond donors (Lipinski definition) is 2. The van der Waals surface area contributed by atoms with E-state index in [9.17, 15) is 8.42 Å². The average molecular weight is 347 g/mol. The van der Waals surface area contributed by atoms with Crippen molar-refractivity contribution in [1.29, 1.82) is 0 Å². The van der Waals surface area contributed by atoms with Crippen LogP contribution < -0.4 is 10.0 Å². The quantitative estimate of drug-likeness (QED) is 0.876. The number of piperidine rings is 1. The fraction of sp³-hybridized carbons (Fsp3) is 0.538. The molecule has 1 aliphatic rings. The zero-order valence-corrected chi connectivity index (χ0v) is 13.4. The first-order chi connectivity index (χ1) is 8.99. The van der Waals surface area contributed by atoms with Gasteiger partial charge in [-0.3, -0.25) is 0 Å². The van der Waals surface area contributed by atoms with Crippen molar-refractivity contribution in [2.45, 2.75) is 24.7 Å². The van der Waals surface area contributed by atoms with Gasteiger partial charge in [0.25, 0.3) is 0 Å². The molecule has 106 valence electrons. The highest BCUT2D eigenvalue weighted by Crippen LogP contribution is 2.20. The summed E-state index contributed by atoms with van der Waals surface area (Å²) in [5.74, 6) is 0.438. The molecule has 19 heavy (non-hydrogen) atoms. The number of hydrogen-bond acceptors (Lipinski definition) is 3. The van der Waals surface area contributed by atoms with E-state index in [1.165, 1.54) is 0 Å². The van der Waals surface area contributed by atoms with Crippen molar-refractivity contribution < 1.29 is 8.42 Å². The van der Waals surface area contributed by atoms with Crippen LogP contribution >= 0.6 is 15.9 Å². The Kier molecular flexibility index (Phi) is 5.00. The van der Waals surface area contributed by atoms with Crippen molar-refractivity contribution in [1.82, 2.24) is 10.0 Å². The van der Waals surface area contributed by atoms with Crippen molar-refractivity contribution in [3.8, 4) is 0 Å². The maximum atomic E-state index is 12.2. The lowest BCUT2D eigenvalue weighted by atomic mass is 9.99. The Bertz CT molecular complexity index is 540. The SMILES string of the molecule is Cc1cc(S(=O)(=O)NCC2CCNCC2)ccc1Br. The second kappa shape index (κ2) is 6.35. The summed E-state index contributed by atoms with van der Waals surface area (Å²) in [6.45, 7) is 4.36. The molecule has 2 N–H and O–H groups in total. The van der Waals surface area contributed by atoms with Gasteiger partial charge in [-0.25, -0.2) is 13.1 Å². The summed E-state index contributed by atoms with van der Waals surface area (Å²) in [6, 6.07) is 5.09. The second-order valence-electron chi connectivity index (χ2n) is 4.96. The lowest BCUT2D eigenvalue weighted by Crippen LogP contribution is -2.35. The first-order valence-corrected chi connectivity index (χ1v) is 8.73. The Hall–Kier alpha value is -0.430. The van der Waals surface area contributed by atoms with Crippen LogP contribution in [0.5, 0.6) is 0 Å². The van der Waals surface area contributed by atoms with E-state index in [0.717, 1.165) is 36.0 Å². The minimum absolute atomic E-state index is 0.335. The van der Waals surface area contributed by atoms with E-state index in [0.29, 0.717) is 17.4 Å². The molecular formula is C13H19BrN2O2S. The summed E-state index contributed by atoms with van der Waals surface area (Å²) in [4.78, 5) is 0.335. The van der Waals surface area contributed by atoms with E-state index in [2.05, 4.69) is 26.0 Å². The molecule has 6 heteroatoms. The van der Waals surface area contributed by atoms with E-state index in [1.54, 1.807) is 18.2 Å². The highest BCUT2D eigenvalue weighted by atomic mass is 79.9. The third kappa shape index (κ3) is 4.02. The molecule has 1 saturated heterocycles. The van der Waals surface area contributed by atoms with Gasteiger partial charge in [-0.05, 0) is 62.5 Å². The molecule has 0 unspecified atom stereocenters. The maximum absolute atomic E-state index is 12.2. The monoisotopic (exact) mass is 346 g/mol. The predicted molar refractivity (Wildman–Crippen MR) is 79.7 cm³/mol. The molecule has 4 nitrogen and oxygen atoms in total. The summed E-state index contributed by atoms with van der Waals surface area (Å²) in [5.41, 5.74) is 0.921. The van der Waals surface area contributed by atoms with Crippen LogP contribution in [0.1, 0.15) is 18.4 Å². The van der Waals surface area contributed by atoms with Crippen LogP contribution in [-0.4, -0.2) is 28.1 Å². The molecular weight excluding hydrogens is 328 g/mol. The molecule has 1 aromatic carbocycles. The molecule has 2 rings (SSSR count). The Labute approximate surface area is 123 Å². The molecule has 0 atom stereocenters. The minimum Gasteiger partial charge on any atom is -0.317 e. The maximum Gasteiger partial charge on any atom is 0.240 e. The van der Waals surface area contributed by atoms with Crippen LogP contribution in [0, 0.1) is 12.8 Å². The molecule has 0 aliphatic carbocycles. The Morgan fingerprint density at radius 3 is 2.68 bits per heavy atom. The van der Waals surface area contributed by atoms with Crippen LogP contribution in [0.25, 0.3) is 0 Å². The van der Waals surface area contributed by atoms with Gasteiger partial charge in [0.1, 0.15) is 0 Å². The van der Waals surface area contributed by atoms with E-state index in [-0.39, 0.29) is 0 Å². The fourth-order valence-corrected chi connectivity index (χ4v) is 3.63. The van der Waals surface area contributed by atoms with Gasteiger partial charge >= 0.3 is 0 Å². The summed E-state index contributed by atoms with van der Waals surface area (Å²) in [5, 5.41) is 3.27. The van der Waals surface area contributed by atoms with E-state index < -0.39 is 10.0 Å². The number of rotatable bonds is 4. The number of aryl methyl sites for hydroxylation is 1. The van der Waals surface area contributed by atoms with Gasteiger partial charge in [0.15, 0.2) is 0 Å². The molecule has 1 aromatic rings. The van der Waals surface area contributed by atoms with Gasteiger partial charge in [0.05, 0.1) is 4.90 Å². The smallest absolute Gasteiger partial charge is 0.240 e. The Balaban J connectivity index is 2.02. The zero-order chi connectivity index (χ0) is 13.9. The van der Waals surface area contributed by atoms with Crippen molar-refractivity contribution in [3.05, 3.63) is 28.2 Å². The second-order valence-corrected chi connectivity index (χ2v) is 7.58. The number of benzene rings is 1. The van der Waals surface area contributed by atoms with Crippen molar-refractivity contribution in [2.24, 2.45) is 5.92 Å². The highest BCUT2D eigenvalue weighted by molar-refractivity contribution is 9.10. The van der Waals surface area contributed by atoms with Gasteiger partial charge in [-0.1, -0.05) is 15.9 Å². The lowest BCUT2D eigenvalue weighted by molar-refractivity contribution is 0.372. The molecule has 0 spiro atoms. The van der Waals surface area contributed by atoms with Crippen LogP contribution in [0.4, 0.5) is 0 Å². The molecule has 1 fully saturated rings. The Morgan fingerprint density at radius 2 is 2.05 bits per heavy atom. The average Bonchev–Trinajstić information content (AvgIpc) is 2.41. The summed E-state index contributed by atoms with van der Waals surface area (Å²) >= 11 is 3.38. The van der Waals surface area contributed by atoms with Crippen LogP contribution in [-0.2, 0) is 10.0 Å². The normalized spacial score (nSPS) is 17.6. The van der Waals surface area contributed by atoms with Gasteiger partial charge in [-0.15, -0.1) is 0 Å². The summed E-state index contributed by atoms with van der Waals surface area (Å²) in [7, 11) is -3.39. The van der Waals surface area contributed by atoms with Crippen molar-refractivity contribution >= 4 is 26.0 Å². The minimum atomic E-state index is -3.39. The van der Waals surface area contributed by atoms with Gasteiger partial charge in [0.2, 0.25) is 10.0 Å². The lowest BCUT2D eigenvalue weighted by Gasteiger charge is -2.22. The molecule has 0 radical (unpaired) electrons. The fourth-order valence-electron chi connectivity index (χ4n) is 2.18. The molecule has 0 amide bonds. The zero-order valence-electron chi connectivity index (χ0n) is 10.9. The summed E-state index contributed by atoms with van der Waals surface area (Å²) < 4.78 is 28.0. The third-order valence-corrected chi connectivity index (χ3v) is 5.77. The van der Waals surface area contributed by atoms with Gasteiger partial charge in [0, 0.05) is 11.0 Å². The number of sulfonamides is 1. The summed E-state index contributed by atoms with van der Waals surface area (Å²) in [6.07, 6.45) is 2.06. The van der Waals surface area contributed by atoms with Crippen molar-refractivity contribution in [2.75, 3.05) is 19.6 Å². The van der Waals surface area contributed by atoms with E-state index >= 15 is 0 Å². The van der Waals surface area contributed by atoms with Crippen LogP contribution in [0.3, 0.4) is 0 Å². The van der Waals surface area contributed by atoms with Gasteiger partial charge < -0.3 is 5.32 Å². The largest absolute Gasteiger partial charge is 0.317 e. The standard InChI is InChI=1S/C13H19BrN2O2S/c1-10-8-12(2-3-13(10)14)19(17,18)16-9-11-4-6-15-7-5-11/h2-3,8,11,15-16H,4-7,9H2,1H3. The molecule has 1 heterocycles. The topological polar surface area (TPSA) is 58.2 Å². The molecule has 1 aliphatic heterocycles. The number of nitrogens with one attached hydrogen (secondary N) is 2. The van der Waals surface area contributed by atoms with Gasteiger partial charge in [-0.2, -0.15) is 0 Å². The first-order valence-electron chi connectivity index (χ1n) is 6.45. The predicted octanol–water partition coefficient (Wildman–Crippen LogP) is 2.04. The van der Waals surface area contributed by atoms with Crippen molar-refractivity contribution in [3.63, 3.8) is 0 Å². The van der Waals surface area contributed by atoms with E-state index in [1.807, 2.05) is 6.92 Å². The molecule has 0 bridgehead atoms. The van der Waals surface area contributed by atoms with E-state index in [4.69, 9.17) is 0 Å². The van der Waals surface area contributed by atoms with Crippen LogP contribution in [0.2, 0.25) is 0 Å². The third-order valence-electron chi connectivity index (χ3n) is 3.46.